The lowest BCUT2D eigenvalue weighted by Gasteiger charge is -2.43. The molecule has 0 unspecified atom stereocenters. The van der Waals surface area contributed by atoms with Gasteiger partial charge in [-0.15, -0.1) is 0 Å². The Bertz CT molecular complexity index is 2530. The van der Waals surface area contributed by atoms with Crippen molar-refractivity contribution in [1.82, 2.24) is 9.97 Å². The first-order chi connectivity index (χ1) is 25.3. The molecule has 0 amide bonds. The first-order valence-corrected chi connectivity index (χ1v) is 19.4. The number of hydrogen-bond acceptors (Lipinski definition) is 4. The lowest BCUT2D eigenvalue weighted by atomic mass is 9.85. The molecule has 3 heterocycles. The maximum Gasteiger partial charge on any atom is 0.227 e. The minimum atomic E-state index is -2.57. The molecule has 7 aromatic carbocycles. The zero-order valence-electron chi connectivity index (χ0n) is 27.7. The fourth-order valence-electron chi connectivity index (χ4n) is 8.18. The van der Waals surface area contributed by atoms with Gasteiger partial charge in [-0.1, -0.05) is 140 Å². The van der Waals surface area contributed by atoms with E-state index < -0.39 is 8.07 Å². The Morgan fingerprint density at radius 3 is 1.39 bits per heavy atom. The number of oxazole rings is 2. The summed E-state index contributed by atoms with van der Waals surface area (Å²) in [5.41, 5.74) is 8.87. The van der Waals surface area contributed by atoms with Crippen LogP contribution in [0.1, 0.15) is 22.6 Å². The second kappa shape index (κ2) is 11.9. The van der Waals surface area contributed by atoms with Crippen molar-refractivity contribution in [1.29, 1.82) is 0 Å². The molecule has 0 atom stereocenters. The summed E-state index contributed by atoms with van der Waals surface area (Å²) in [5.74, 6) is 1.40. The van der Waals surface area contributed by atoms with Crippen LogP contribution < -0.4 is 20.7 Å². The molecule has 0 spiro atoms. The van der Waals surface area contributed by atoms with Crippen molar-refractivity contribution in [2.24, 2.45) is 0 Å². The molecule has 0 saturated heterocycles. The van der Waals surface area contributed by atoms with Crippen LogP contribution in [0.25, 0.3) is 45.1 Å². The van der Waals surface area contributed by atoms with E-state index in [2.05, 4.69) is 133 Å². The van der Waals surface area contributed by atoms with Crippen LogP contribution in [0.2, 0.25) is 0 Å². The largest absolute Gasteiger partial charge is 0.436 e. The summed E-state index contributed by atoms with van der Waals surface area (Å²) >= 11 is 0. The summed E-state index contributed by atoms with van der Waals surface area (Å²) in [6, 6.07) is 63.2. The number of fused-ring (bicyclic) bond motifs is 4. The summed E-state index contributed by atoms with van der Waals surface area (Å²) in [6.07, 6.45) is 0.891. The van der Waals surface area contributed by atoms with Crippen LogP contribution in [0.15, 0.2) is 185 Å². The normalized spacial score (nSPS) is 13.6. The van der Waals surface area contributed by atoms with E-state index in [0.717, 1.165) is 28.6 Å². The summed E-state index contributed by atoms with van der Waals surface area (Å²) in [5, 5.41) is 5.78. The molecule has 10 rings (SSSR count). The van der Waals surface area contributed by atoms with Gasteiger partial charge in [-0.05, 0) is 68.1 Å². The summed E-state index contributed by atoms with van der Waals surface area (Å²) in [4.78, 5) is 9.55. The fraction of sp³-hybridized carbons (Fsp3) is 0.0435. The highest BCUT2D eigenvalue weighted by atomic mass is 28.3. The number of rotatable bonds is 6. The molecule has 0 saturated carbocycles. The predicted octanol–water partition coefficient (Wildman–Crippen LogP) is 8.37. The zero-order valence-corrected chi connectivity index (χ0v) is 28.7. The molecule has 242 valence electrons. The first-order valence-electron chi connectivity index (χ1n) is 17.4. The lowest BCUT2D eigenvalue weighted by Crippen LogP contribution is -2.77. The monoisotopic (exact) mass is 672 g/mol. The van der Waals surface area contributed by atoms with E-state index in [9.17, 15) is 0 Å². The molecule has 0 aliphatic carbocycles. The van der Waals surface area contributed by atoms with Gasteiger partial charge in [-0.25, -0.2) is 9.97 Å². The Hall–Kier alpha value is -6.30. The Morgan fingerprint density at radius 1 is 0.451 bits per heavy atom. The summed E-state index contributed by atoms with van der Waals surface area (Å²) in [7, 11) is -2.57. The summed E-state index contributed by atoms with van der Waals surface area (Å²) < 4.78 is 12.4. The Kier molecular flexibility index (Phi) is 6.93. The topological polar surface area (TPSA) is 52.1 Å². The first kappa shape index (κ1) is 29.6. The van der Waals surface area contributed by atoms with Gasteiger partial charge in [0, 0.05) is 29.2 Å². The summed E-state index contributed by atoms with van der Waals surface area (Å²) in [6.45, 7) is 0. The molecule has 9 aromatic rings. The van der Waals surface area contributed by atoms with Crippen molar-refractivity contribution >= 4 is 51.0 Å². The quantitative estimate of drug-likeness (QED) is 0.167. The number of aromatic nitrogens is 2. The Balaban J connectivity index is 1.01. The third kappa shape index (κ3) is 4.81. The van der Waals surface area contributed by atoms with E-state index in [-0.39, 0.29) is 5.92 Å². The highest BCUT2D eigenvalue weighted by Gasteiger charge is 2.48. The minimum absolute atomic E-state index is 0.226. The molecule has 0 radical (unpaired) electrons. The fourth-order valence-corrected chi connectivity index (χ4v) is 13.5. The molecule has 51 heavy (non-hydrogen) atoms. The van der Waals surface area contributed by atoms with Crippen LogP contribution in [-0.4, -0.2) is 18.0 Å². The number of benzene rings is 7. The molecule has 1 aliphatic rings. The lowest BCUT2D eigenvalue weighted by molar-refractivity contribution is 0.618. The van der Waals surface area contributed by atoms with Crippen molar-refractivity contribution < 1.29 is 8.83 Å². The van der Waals surface area contributed by atoms with Gasteiger partial charge in [-0.2, -0.15) is 0 Å². The van der Waals surface area contributed by atoms with Crippen LogP contribution >= 0.6 is 0 Å². The predicted molar refractivity (Wildman–Crippen MR) is 208 cm³/mol. The molecular formula is C46H32N2O2Si. The third-order valence-corrected chi connectivity index (χ3v) is 15.4. The van der Waals surface area contributed by atoms with Crippen LogP contribution in [0, 0.1) is 0 Å². The molecule has 2 aromatic heterocycles. The molecule has 0 fully saturated rings. The Morgan fingerprint density at radius 2 is 0.882 bits per heavy atom. The van der Waals surface area contributed by atoms with Crippen LogP contribution in [0.5, 0.6) is 0 Å². The number of hydrogen-bond donors (Lipinski definition) is 0. The van der Waals surface area contributed by atoms with E-state index in [1.165, 1.54) is 37.4 Å². The average Bonchev–Trinajstić information content (AvgIpc) is 3.82. The van der Waals surface area contributed by atoms with Crippen LogP contribution in [0.3, 0.4) is 0 Å². The van der Waals surface area contributed by atoms with Gasteiger partial charge in [-0.3, -0.25) is 0 Å². The van der Waals surface area contributed by atoms with E-state index in [4.69, 9.17) is 18.8 Å². The van der Waals surface area contributed by atoms with Crippen molar-refractivity contribution in [3.8, 4) is 22.9 Å². The van der Waals surface area contributed by atoms with E-state index in [1.54, 1.807) is 0 Å². The van der Waals surface area contributed by atoms with Crippen LogP contribution in [-0.2, 0) is 6.42 Å². The molecule has 1 aliphatic heterocycles. The molecular weight excluding hydrogens is 641 g/mol. The van der Waals surface area contributed by atoms with E-state index in [1.807, 2.05) is 42.5 Å². The van der Waals surface area contributed by atoms with Gasteiger partial charge in [0.25, 0.3) is 0 Å². The molecule has 0 N–H and O–H groups in total. The highest BCUT2D eigenvalue weighted by molar-refractivity contribution is 7.20. The van der Waals surface area contributed by atoms with Gasteiger partial charge >= 0.3 is 0 Å². The average molecular weight is 673 g/mol. The van der Waals surface area contributed by atoms with E-state index >= 15 is 0 Å². The van der Waals surface area contributed by atoms with Crippen molar-refractivity contribution in [3.63, 3.8) is 0 Å². The van der Waals surface area contributed by atoms with Crippen molar-refractivity contribution in [2.75, 3.05) is 0 Å². The van der Waals surface area contributed by atoms with Crippen molar-refractivity contribution in [2.45, 2.75) is 12.3 Å². The number of nitrogens with zero attached hydrogens (tertiary/aromatic N) is 2. The van der Waals surface area contributed by atoms with Gasteiger partial charge in [0.15, 0.2) is 19.2 Å². The standard InChI is InChI=1S/C46H32N2O2Si/c1-4-14-32(15-5-1)45-47-39-29-42-40(30-41(39)49-45)48-46(50-42)33-26-24-31(25-27-33)28-38-36-20-10-12-22-43(36)51(34-16-6-2-7-17-34,35-18-8-3-9-19-35)44-23-13-11-21-37(38)44/h1-27,29-30,38H,28H2. The van der Waals surface area contributed by atoms with Gasteiger partial charge in [0.1, 0.15) is 11.0 Å². The third-order valence-electron chi connectivity index (χ3n) is 10.5. The SMILES string of the molecule is c1ccc(-c2nc3cc4oc(-c5ccc(CC6c7ccccc7[Si](c7ccccc7)(c7ccccc7)c7ccccc76)cc5)nc4cc3o2)cc1. The van der Waals surface area contributed by atoms with Crippen LogP contribution in [0.4, 0.5) is 0 Å². The van der Waals surface area contributed by atoms with E-state index in [0.29, 0.717) is 22.9 Å². The van der Waals surface area contributed by atoms with Gasteiger partial charge in [0.2, 0.25) is 11.8 Å². The van der Waals surface area contributed by atoms with Crippen molar-refractivity contribution in [3.05, 3.63) is 193 Å². The second-order valence-corrected chi connectivity index (χ2v) is 17.0. The second-order valence-electron chi connectivity index (χ2n) is 13.3. The molecule has 4 nitrogen and oxygen atoms in total. The maximum atomic E-state index is 6.28. The molecule has 0 bridgehead atoms. The Labute approximate surface area is 296 Å². The molecule has 5 heteroatoms. The van der Waals surface area contributed by atoms with Gasteiger partial charge < -0.3 is 8.83 Å². The highest BCUT2D eigenvalue weighted by Crippen LogP contribution is 2.35. The smallest absolute Gasteiger partial charge is 0.227 e. The minimum Gasteiger partial charge on any atom is -0.436 e. The zero-order chi connectivity index (χ0) is 33.8. The van der Waals surface area contributed by atoms with Gasteiger partial charge in [0.05, 0.1) is 0 Å². The maximum absolute atomic E-state index is 6.28.